The van der Waals surface area contributed by atoms with Crippen LogP contribution in [0.4, 0.5) is 11.4 Å². The summed E-state index contributed by atoms with van der Waals surface area (Å²) in [5.74, 6) is -8.28. The van der Waals surface area contributed by atoms with Gasteiger partial charge in [-0.2, -0.15) is 0 Å². The van der Waals surface area contributed by atoms with Crippen LogP contribution in [0.2, 0.25) is 0 Å². The van der Waals surface area contributed by atoms with Gasteiger partial charge in [0.2, 0.25) is 11.7 Å². The standard InChI is InChI=1S/C31H34N4O10S/c1-13(33-16-6-5-7-17(12-16)46(4,44)45)30(42)34-19-9-8-14-10-15-11-18-23(35(2)3)26(38)22(29(32)41)28(40)31(18,43)27(39)21(15)25(37)20(14)24(19)36/h5-9,12-13,15,18,23,33,36-37,40,43H,10-11H2,1-4H3,(H2,32,41)(H,34,42)/t13?,15?,18?,23-,31-/m0/s1. The van der Waals surface area contributed by atoms with Crippen LogP contribution < -0.4 is 16.4 Å². The molecular formula is C31H34N4O10S. The number of benzene rings is 2. The second-order valence-corrected chi connectivity index (χ2v) is 14.1. The summed E-state index contributed by atoms with van der Waals surface area (Å²) in [6.45, 7) is 1.51. The third-order valence-electron chi connectivity index (χ3n) is 8.89. The molecule has 0 radical (unpaired) electrons. The number of carbonyl (C=O) groups excluding carboxylic acids is 4. The van der Waals surface area contributed by atoms with E-state index in [2.05, 4.69) is 10.6 Å². The summed E-state index contributed by atoms with van der Waals surface area (Å²) >= 11 is 0. The molecule has 5 rings (SSSR count). The molecule has 3 aliphatic rings. The molecule has 14 nitrogen and oxygen atoms in total. The lowest BCUT2D eigenvalue weighted by Gasteiger charge is -2.50. The van der Waals surface area contributed by atoms with Crippen LogP contribution in [0, 0.1) is 11.8 Å². The van der Waals surface area contributed by atoms with Crippen LogP contribution in [0.3, 0.4) is 0 Å². The Balaban J connectivity index is 1.49. The third-order valence-corrected chi connectivity index (χ3v) is 10.0. The van der Waals surface area contributed by atoms with Crippen molar-refractivity contribution in [3.8, 4) is 5.75 Å². The highest BCUT2D eigenvalue weighted by Gasteiger charge is 2.64. The Morgan fingerprint density at radius 1 is 1.11 bits per heavy atom. The molecule has 244 valence electrons. The number of phenols is 1. The zero-order valence-corrected chi connectivity index (χ0v) is 26.2. The molecule has 0 aromatic heterocycles. The zero-order valence-electron chi connectivity index (χ0n) is 25.4. The second-order valence-electron chi connectivity index (χ2n) is 12.1. The van der Waals surface area contributed by atoms with Crippen molar-refractivity contribution < 1.29 is 48.0 Å². The fourth-order valence-corrected chi connectivity index (χ4v) is 7.36. The Kier molecular flexibility index (Phi) is 7.99. The number of aliphatic hydroxyl groups is 3. The number of nitrogens with zero attached hydrogens (tertiary/aromatic N) is 1. The molecule has 3 aliphatic carbocycles. The molecule has 2 aromatic carbocycles. The van der Waals surface area contributed by atoms with Crippen LogP contribution in [-0.2, 0) is 35.4 Å². The minimum atomic E-state index is -3.49. The second kappa shape index (κ2) is 11.3. The number of rotatable bonds is 7. The van der Waals surface area contributed by atoms with E-state index in [9.17, 15) is 48.0 Å². The van der Waals surface area contributed by atoms with Crippen molar-refractivity contribution in [2.75, 3.05) is 31.0 Å². The average molecular weight is 655 g/mol. The van der Waals surface area contributed by atoms with Gasteiger partial charge in [0.15, 0.2) is 21.2 Å². The minimum absolute atomic E-state index is 0.0469. The molecule has 2 amide bonds. The molecule has 0 aliphatic heterocycles. The molecule has 2 aromatic rings. The van der Waals surface area contributed by atoms with Gasteiger partial charge in [-0.1, -0.05) is 12.1 Å². The number of carbonyl (C=O) groups is 4. The number of hydrogen-bond donors (Lipinski definition) is 7. The van der Waals surface area contributed by atoms with Crippen LogP contribution in [-0.4, -0.2) is 95.2 Å². The van der Waals surface area contributed by atoms with Crippen molar-refractivity contribution in [1.82, 2.24) is 4.90 Å². The maximum atomic E-state index is 14.0. The summed E-state index contributed by atoms with van der Waals surface area (Å²) in [7, 11) is -0.450. The number of phenolic OH excluding ortho intramolecular Hbond substituents is 1. The molecule has 5 atom stereocenters. The fourth-order valence-electron chi connectivity index (χ4n) is 6.69. The van der Waals surface area contributed by atoms with E-state index < -0.39 is 85.6 Å². The molecule has 0 heterocycles. The number of aliphatic hydroxyl groups excluding tert-OH is 2. The first-order chi connectivity index (χ1) is 21.4. The van der Waals surface area contributed by atoms with Crippen molar-refractivity contribution in [1.29, 1.82) is 0 Å². The maximum absolute atomic E-state index is 14.0. The minimum Gasteiger partial charge on any atom is -0.508 e. The fraction of sp³-hybridized carbons (Fsp3) is 0.355. The van der Waals surface area contributed by atoms with Gasteiger partial charge in [-0.05, 0) is 69.6 Å². The van der Waals surface area contributed by atoms with E-state index in [1.54, 1.807) is 12.1 Å². The van der Waals surface area contributed by atoms with Gasteiger partial charge in [0.1, 0.15) is 28.9 Å². The number of fused-ring (bicyclic) bond motifs is 3. The first-order valence-electron chi connectivity index (χ1n) is 14.3. The van der Waals surface area contributed by atoms with Gasteiger partial charge < -0.3 is 36.8 Å². The summed E-state index contributed by atoms with van der Waals surface area (Å²) in [4.78, 5) is 53.8. The lowest BCUT2D eigenvalue weighted by atomic mass is 9.57. The van der Waals surface area contributed by atoms with Crippen LogP contribution in [0.15, 0.2) is 58.2 Å². The quantitative estimate of drug-likeness (QED) is 0.162. The van der Waals surface area contributed by atoms with E-state index in [-0.39, 0.29) is 34.6 Å². The van der Waals surface area contributed by atoms with Crippen LogP contribution in [0.1, 0.15) is 24.5 Å². The Labute approximate surface area is 264 Å². The molecular weight excluding hydrogens is 620 g/mol. The summed E-state index contributed by atoms with van der Waals surface area (Å²) < 4.78 is 23.8. The first-order valence-corrected chi connectivity index (χ1v) is 16.2. The topological polar surface area (TPSA) is 237 Å². The molecule has 0 spiro atoms. The number of nitrogens with two attached hydrogens (primary N) is 1. The highest BCUT2D eigenvalue weighted by atomic mass is 32.2. The monoisotopic (exact) mass is 654 g/mol. The predicted molar refractivity (Wildman–Crippen MR) is 166 cm³/mol. The molecule has 8 N–H and O–H groups in total. The molecule has 0 saturated heterocycles. The van der Waals surface area contributed by atoms with Gasteiger partial charge in [-0.3, -0.25) is 24.1 Å². The number of aromatic hydroxyl groups is 1. The van der Waals surface area contributed by atoms with Crippen molar-refractivity contribution in [2.24, 2.45) is 17.6 Å². The summed E-state index contributed by atoms with van der Waals surface area (Å²) in [6, 6.07) is 6.75. The lowest BCUT2D eigenvalue weighted by Crippen LogP contribution is -2.65. The average Bonchev–Trinajstić information content (AvgIpc) is 2.95. The number of anilines is 2. The highest BCUT2D eigenvalue weighted by Crippen LogP contribution is 2.53. The van der Waals surface area contributed by atoms with E-state index >= 15 is 0 Å². The van der Waals surface area contributed by atoms with E-state index in [4.69, 9.17) is 5.73 Å². The van der Waals surface area contributed by atoms with Crippen LogP contribution >= 0.6 is 0 Å². The van der Waals surface area contributed by atoms with Gasteiger partial charge in [0, 0.05) is 23.4 Å². The van der Waals surface area contributed by atoms with Crippen LogP contribution in [0.5, 0.6) is 5.75 Å². The number of primary amides is 1. The molecule has 1 saturated carbocycles. The van der Waals surface area contributed by atoms with Crippen molar-refractivity contribution in [2.45, 2.75) is 42.3 Å². The number of Topliss-reactive ketones (excluding diaryl/α,β-unsaturated/α-hetero) is 2. The van der Waals surface area contributed by atoms with Gasteiger partial charge in [0.05, 0.1) is 22.2 Å². The smallest absolute Gasteiger partial charge is 0.255 e. The lowest BCUT2D eigenvalue weighted by molar-refractivity contribution is -0.153. The number of ketones is 2. The number of likely N-dealkylation sites (N-methyl/N-ethyl adjacent to an activating group) is 1. The van der Waals surface area contributed by atoms with Crippen molar-refractivity contribution in [3.63, 3.8) is 0 Å². The van der Waals surface area contributed by atoms with Crippen molar-refractivity contribution in [3.05, 3.63) is 64.4 Å². The molecule has 0 bridgehead atoms. The van der Waals surface area contributed by atoms with Gasteiger partial charge in [-0.25, -0.2) is 8.42 Å². The van der Waals surface area contributed by atoms with Crippen molar-refractivity contribution >= 4 is 50.4 Å². The predicted octanol–water partition coefficient (Wildman–Crippen LogP) is 0.807. The number of amides is 2. The largest absolute Gasteiger partial charge is 0.508 e. The Morgan fingerprint density at radius 3 is 2.39 bits per heavy atom. The Hall–Kier alpha value is -4.73. The number of sulfone groups is 1. The molecule has 46 heavy (non-hydrogen) atoms. The van der Waals surface area contributed by atoms with E-state index in [0.717, 1.165) is 6.26 Å². The van der Waals surface area contributed by atoms with E-state index in [1.165, 1.54) is 50.2 Å². The van der Waals surface area contributed by atoms with Gasteiger partial charge >= 0.3 is 0 Å². The normalized spacial score (nSPS) is 25.0. The zero-order chi connectivity index (χ0) is 34.0. The van der Waals surface area contributed by atoms with E-state index in [0.29, 0.717) is 11.3 Å². The maximum Gasteiger partial charge on any atom is 0.255 e. The third kappa shape index (κ3) is 5.09. The van der Waals surface area contributed by atoms with Crippen LogP contribution in [0.25, 0.3) is 5.76 Å². The Bertz CT molecular complexity index is 1880. The number of nitrogens with one attached hydrogen (secondary N) is 2. The van der Waals surface area contributed by atoms with E-state index in [1.807, 2.05) is 0 Å². The van der Waals surface area contributed by atoms with Gasteiger partial charge in [-0.15, -0.1) is 0 Å². The first kappa shape index (κ1) is 32.7. The molecule has 15 heteroatoms. The summed E-state index contributed by atoms with van der Waals surface area (Å²) in [5.41, 5.74) is 1.87. The number of hydrogen-bond acceptors (Lipinski definition) is 12. The highest BCUT2D eigenvalue weighted by molar-refractivity contribution is 7.90. The summed E-state index contributed by atoms with van der Waals surface area (Å²) in [6.07, 6.45) is 1.11. The Morgan fingerprint density at radius 2 is 1.78 bits per heavy atom. The SMILES string of the molecule is CC(Nc1cccc(S(C)(=O)=O)c1)C(=O)Nc1ccc2c(c1O)C(O)=C1C(=O)[C@]3(O)C(O)=C(C(N)=O)C(=O)[C@@H](N(C)C)C3CC1C2. The molecule has 1 fully saturated rings. The summed E-state index contributed by atoms with van der Waals surface area (Å²) in [5, 5.41) is 50.7. The molecule has 3 unspecified atom stereocenters. The van der Waals surface area contributed by atoms with Gasteiger partial charge in [0.25, 0.3) is 5.91 Å².